The normalized spacial score (nSPS) is 16.3. The molecule has 1 unspecified atom stereocenters. The van der Waals surface area contributed by atoms with Gasteiger partial charge in [-0.25, -0.2) is 0 Å². The predicted molar refractivity (Wildman–Crippen MR) is 118 cm³/mol. The van der Waals surface area contributed by atoms with Crippen LogP contribution >= 0.6 is 0 Å². The van der Waals surface area contributed by atoms with Crippen LogP contribution in [0.25, 0.3) is 0 Å². The van der Waals surface area contributed by atoms with Gasteiger partial charge in [-0.1, -0.05) is 12.1 Å². The predicted octanol–water partition coefficient (Wildman–Crippen LogP) is 4.21. The smallest absolute Gasteiger partial charge is 0.262 e. The molecule has 2 heterocycles. The summed E-state index contributed by atoms with van der Waals surface area (Å²) in [4.78, 5) is 15.4. The van der Waals surface area contributed by atoms with Crippen LogP contribution in [0.4, 0.5) is 11.4 Å². The Labute approximate surface area is 185 Å². The number of hydrogen-bond acceptors (Lipinski definition) is 7. The highest BCUT2D eigenvalue weighted by Crippen LogP contribution is 2.47. The van der Waals surface area contributed by atoms with E-state index in [0.717, 1.165) is 5.69 Å². The lowest BCUT2D eigenvalue weighted by atomic mass is 10.0. The fraction of sp³-hybridized carbons (Fsp3) is 0.208. The van der Waals surface area contributed by atoms with Crippen molar-refractivity contribution in [1.82, 2.24) is 0 Å². The van der Waals surface area contributed by atoms with Crippen LogP contribution in [0.5, 0.6) is 28.7 Å². The van der Waals surface area contributed by atoms with Gasteiger partial charge in [0.1, 0.15) is 6.17 Å². The van der Waals surface area contributed by atoms with Crippen LogP contribution in [0.1, 0.15) is 22.1 Å². The van der Waals surface area contributed by atoms with Gasteiger partial charge in [-0.2, -0.15) is 0 Å². The Kier molecular flexibility index (Phi) is 4.89. The molecule has 8 nitrogen and oxygen atoms in total. The molecule has 2 aliphatic rings. The van der Waals surface area contributed by atoms with Gasteiger partial charge in [0.05, 0.1) is 32.6 Å². The number of carbonyl (C=O) groups excluding carboxylic acids is 1. The highest BCUT2D eigenvalue weighted by atomic mass is 16.7. The Hall–Kier alpha value is -4.07. The van der Waals surface area contributed by atoms with Crippen molar-refractivity contribution in [3.63, 3.8) is 0 Å². The number of nitrogens with one attached hydrogen (secondary N) is 1. The average molecular weight is 434 g/mol. The van der Waals surface area contributed by atoms with Gasteiger partial charge in [-0.05, 0) is 36.4 Å². The fourth-order valence-electron chi connectivity index (χ4n) is 4.11. The third-order valence-electron chi connectivity index (χ3n) is 5.59. The standard InChI is InChI=1S/C24H22N2O6/c1-28-19-11-9-16(21(29-2)22(19)30-3)23-25-17-7-5-4-6-15(17)24(27)26(23)14-8-10-18-20(12-14)32-13-31-18/h4-12,23,25H,13H2,1-3H3. The maximum Gasteiger partial charge on any atom is 0.262 e. The number of methoxy groups -OCH3 is 3. The molecule has 164 valence electrons. The van der Waals surface area contributed by atoms with E-state index in [1.807, 2.05) is 30.3 Å². The molecule has 32 heavy (non-hydrogen) atoms. The van der Waals surface area contributed by atoms with Gasteiger partial charge in [0, 0.05) is 17.3 Å². The Morgan fingerprint density at radius 1 is 0.906 bits per heavy atom. The van der Waals surface area contributed by atoms with Crippen molar-refractivity contribution >= 4 is 17.3 Å². The minimum Gasteiger partial charge on any atom is -0.493 e. The van der Waals surface area contributed by atoms with E-state index >= 15 is 0 Å². The first-order valence-electron chi connectivity index (χ1n) is 10.0. The number of ether oxygens (including phenoxy) is 5. The highest BCUT2D eigenvalue weighted by molar-refractivity contribution is 6.12. The lowest BCUT2D eigenvalue weighted by Crippen LogP contribution is -2.43. The number of nitrogens with zero attached hydrogens (tertiary/aromatic N) is 1. The van der Waals surface area contributed by atoms with Crippen molar-refractivity contribution in [2.75, 3.05) is 38.3 Å². The quantitative estimate of drug-likeness (QED) is 0.644. The highest BCUT2D eigenvalue weighted by Gasteiger charge is 2.37. The Morgan fingerprint density at radius 3 is 2.47 bits per heavy atom. The summed E-state index contributed by atoms with van der Waals surface area (Å²) >= 11 is 0. The molecule has 0 saturated heterocycles. The first-order valence-corrected chi connectivity index (χ1v) is 10.0. The van der Waals surface area contributed by atoms with Gasteiger partial charge in [-0.15, -0.1) is 0 Å². The van der Waals surface area contributed by atoms with Crippen LogP contribution in [-0.4, -0.2) is 34.0 Å². The van der Waals surface area contributed by atoms with Crippen molar-refractivity contribution < 1.29 is 28.5 Å². The molecule has 3 aromatic carbocycles. The van der Waals surface area contributed by atoms with E-state index in [4.69, 9.17) is 23.7 Å². The van der Waals surface area contributed by atoms with Crippen molar-refractivity contribution in [2.45, 2.75) is 6.17 Å². The Balaban J connectivity index is 1.70. The number of para-hydroxylation sites is 1. The van der Waals surface area contributed by atoms with E-state index in [1.54, 1.807) is 50.5 Å². The van der Waals surface area contributed by atoms with Gasteiger partial charge in [0.15, 0.2) is 23.0 Å². The molecule has 0 aliphatic carbocycles. The zero-order chi connectivity index (χ0) is 22.2. The summed E-state index contributed by atoms with van der Waals surface area (Å²) < 4.78 is 27.7. The van der Waals surface area contributed by atoms with Gasteiger partial charge in [0.25, 0.3) is 5.91 Å². The second-order valence-electron chi connectivity index (χ2n) is 7.23. The maximum atomic E-state index is 13.7. The van der Waals surface area contributed by atoms with Crippen LogP contribution in [0.15, 0.2) is 54.6 Å². The molecule has 3 aromatic rings. The van der Waals surface area contributed by atoms with Crippen LogP contribution < -0.4 is 33.9 Å². The summed E-state index contributed by atoms with van der Waals surface area (Å²) in [5, 5.41) is 3.48. The van der Waals surface area contributed by atoms with Crippen LogP contribution in [0, 0.1) is 0 Å². The second kappa shape index (κ2) is 7.88. The minimum absolute atomic E-state index is 0.153. The Bertz CT molecular complexity index is 1200. The molecule has 1 atom stereocenters. The SMILES string of the molecule is COc1ccc(C2Nc3ccccc3C(=O)N2c2ccc3c(c2)OCO3)c(OC)c1OC. The van der Waals surface area contributed by atoms with E-state index in [2.05, 4.69) is 5.32 Å². The number of rotatable bonds is 5. The summed E-state index contributed by atoms with van der Waals surface area (Å²) in [6, 6.07) is 16.5. The van der Waals surface area contributed by atoms with Crippen LogP contribution in [0.3, 0.4) is 0 Å². The number of carbonyl (C=O) groups is 1. The first-order chi connectivity index (χ1) is 15.7. The zero-order valence-corrected chi connectivity index (χ0v) is 17.9. The summed E-state index contributed by atoms with van der Waals surface area (Å²) in [5.41, 5.74) is 2.67. The molecular weight excluding hydrogens is 412 g/mol. The summed E-state index contributed by atoms with van der Waals surface area (Å²) in [6.45, 7) is 0.154. The van der Waals surface area contributed by atoms with E-state index in [-0.39, 0.29) is 12.7 Å². The number of fused-ring (bicyclic) bond motifs is 2. The largest absolute Gasteiger partial charge is 0.493 e. The molecule has 0 spiro atoms. The van der Waals surface area contributed by atoms with Crippen molar-refractivity contribution in [3.05, 3.63) is 65.7 Å². The molecular formula is C24H22N2O6. The molecule has 1 amide bonds. The van der Waals surface area contributed by atoms with Gasteiger partial charge in [0.2, 0.25) is 12.5 Å². The van der Waals surface area contributed by atoms with Crippen LogP contribution in [-0.2, 0) is 0 Å². The Morgan fingerprint density at radius 2 is 1.69 bits per heavy atom. The molecule has 0 aromatic heterocycles. The monoisotopic (exact) mass is 434 g/mol. The molecule has 0 bridgehead atoms. The zero-order valence-electron chi connectivity index (χ0n) is 17.9. The molecule has 0 radical (unpaired) electrons. The summed E-state index contributed by atoms with van der Waals surface area (Å²) in [6.07, 6.45) is -0.576. The molecule has 1 N–H and O–H groups in total. The summed E-state index contributed by atoms with van der Waals surface area (Å²) in [7, 11) is 4.67. The van der Waals surface area contributed by atoms with Gasteiger partial charge >= 0.3 is 0 Å². The third kappa shape index (κ3) is 3.03. The number of hydrogen-bond donors (Lipinski definition) is 1. The van der Waals surface area contributed by atoms with Crippen LogP contribution in [0.2, 0.25) is 0 Å². The number of benzene rings is 3. The van der Waals surface area contributed by atoms with E-state index < -0.39 is 6.17 Å². The third-order valence-corrected chi connectivity index (χ3v) is 5.59. The first kappa shape index (κ1) is 19.9. The van der Waals surface area contributed by atoms with E-state index in [1.165, 1.54) is 0 Å². The lowest BCUT2D eigenvalue weighted by molar-refractivity contribution is 0.0974. The topological polar surface area (TPSA) is 78.5 Å². The van der Waals surface area contributed by atoms with E-state index in [0.29, 0.717) is 45.6 Å². The second-order valence-corrected chi connectivity index (χ2v) is 7.23. The van der Waals surface area contributed by atoms with Crippen molar-refractivity contribution in [1.29, 1.82) is 0 Å². The number of anilines is 2. The van der Waals surface area contributed by atoms with Crippen molar-refractivity contribution in [3.8, 4) is 28.7 Å². The lowest BCUT2D eigenvalue weighted by Gasteiger charge is -2.38. The molecule has 0 saturated carbocycles. The number of amides is 1. The molecule has 5 rings (SSSR count). The fourth-order valence-corrected chi connectivity index (χ4v) is 4.11. The van der Waals surface area contributed by atoms with Crippen molar-refractivity contribution in [2.24, 2.45) is 0 Å². The van der Waals surface area contributed by atoms with Gasteiger partial charge < -0.3 is 29.0 Å². The minimum atomic E-state index is -0.576. The van der Waals surface area contributed by atoms with Gasteiger partial charge in [-0.3, -0.25) is 9.69 Å². The maximum absolute atomic E-state index is 13.7. The molecule has 8 heteroatoms. The summed E-state index contributed by atoms with van der Waals surface area (Å²) in [5.74, 6) is 2.54. The molecule has 0 fully saturated rings. The van der Waals surface area contributed by atoms with E-state index in [9.17, 15) is 4.79 Å². The average Bonchev–Trinajstić information content (AvgIpc) is 3.30. The molecule has 2 aliphatic heterocycles.